The molecule has 1 aromatic carbocycles. The number of esters is 1. The van der Waals surface area contributed by atoms with Crippen LogP contribution >= 0.6 is 0 Å². The van der Waals surface area contributed by atoms with Gasteiger partial charge in [-0.2, -0.15) is 0 Å². The zero-order chi connectivity index (χ0) is 18.1. The Kier molecular flexibility index (Phi) is 4.00. The first-order valence-electron chi connectivity index (χ1n) is 7.85. The van der Waals surface area contributed by atoms with Gasteiger partial charge in [0.2, 0.25) is 11.7 Å². The lowest BCUT2D eigenvalue weighted by Crippen LogP contribution is -2.28. The van der Waals surface area contributed by atoms with Crippen molar-refractivity contribution in [2.24, 2.45) is 0 Å². The van der Waals surface area contributed by atoms with E-state index < -0.39 is 17.7 Å². The van der Waals surface area contributed by atoms with Crippen LogP contribution in [0.2, 0.25) is 0 Å². The number of fused-ring (bicyclic) bond motifs is 1. The Morgan fingerprint density at radius 3 is 3.00 bits per heavy atom. The molecule has 0 spiro atoms. The monoisotopic (exact) mass is 356 g/mol. The number of amides is 1. The van der Waals surface area contributed by atoms with E-state index in [1.807, 2.05) is 0 Å². The normalized spacial score (nSPS) is 16.0. The van der Waals surface area contributed by atoms with Crippen LogP contribution in [0.3, 0.4) is 0 Å². The van der Waals surface area contributed by atoms with Crippen LogP contribution in [0.15, 0.2) is 51.6 Å². The molecule has 0 radical (unpaired) electrons. The molecule has 1 atom stereocenters. The number of ether oxygens (including phenoxy) is 1. The summed E-state index contributed by atoms with van der Waals surface area (Å²) >= 11 is 0. The number of anilines is 1. The second-order valence-electron chi connectivity index (χ2n) is 5.80. The van der Waals surface area contributed by atoms with Crippen molar-refractivity contribution in [3.63, 3.8) is 0 Å². The average molecular weight is 356 g/mol. The summed E-state index contributed by atoms with van der Waals surface area (Å²) in [6, 6.07) is 8.92. The molecule has 0 bridgehead atoms. The molecule has 7 nitrogen and oxygen atoms in total. The fourth-order valence-corrected chi connectivity index (χ4v) is 2.81. The Balaban J connectivity index is 1.46. The van der Waals surface area contributed by atoms with Crippen molar-refractivity contribution in [2.45, 2.75) is 18.9 Å². The van der Waals surface area contributed by atoms with Crippen LogP contribution in [0.5, 0.6) is 0 Å². The molecule has 0 saturated heterocycles. The maximum atomic E-state index is 13.3. The number of nitrogens with one attached hydrogen (secondary N) is 1. The SMILES string of the molecule is O=C1C[C@H](C(=O)OCc2cc(-c3ccco3)on2)c2ccc(F)cc2N1. The van der Waals surface area contributed by atoms with Gasteiger partial charge < -0.3 is 19.0 Å². The van der Waals surface area contributed by atoms with Crippen molar-refractivity contribution < 1.29 is 27.7 Å². The van der Waals surface area contributed by atoms with Crippen molar-refractivity contribution in [3.8, 4) is 11.5 Å². The summed E-state index contributed by atoms with van der Waals surface area (Å²) in [5, 5.41) is 6.37. The van der Waals surface area contributed by atoms with Gasteiger partial charge in [-0.25, -0.2) is 4.39 Å². The van der Waals surface area contributed by atoms with Crippen LogP contribution in [-0.2, 0) is 20.9 Å². The van der Waals surface area contributed by atoms with Gasteiger partial charge in [-0.05, 0) is 29.8 Å². The highest BCUT2D eigenvalue weighted by atomic mass is 19.1. The van der Waals surface area contributed by atoms with Crippen molar-refractivity contribution in [1.29, 1.82) is 0 Å². The number of benzene rings is 1. The van der Waals surface area contributed by atoms with E-state index in [1.165, 1.54) is 24.5 Å². The van der Waals surface area contributed by atoms with Gasteiger partial charge in [0.15, 0.2) is 5.76 Å². The van der Waals surface area contributed by atoms with Crippen LogP contribution in [0.4, 0.5) is 10.1 Å². The summed E-state index contributed by atoms with van der Waals surface area (Å²) in [6.45, 7) is -0.113. The number of carbonyl (C=O) groups excluding carboxylic acids is 2. The van der Waals surface area contributed by atoms with E-state index in [2.05, 4.69) is 10.5 Å². The van der Waals surface area contributed by atoms with Gasteiger partial charge in [-0.15, -0.1) is 0 Å². The van der Waals surface area contributed by atoms with E-state index in [4.69, 9.17) is 13.7 Å². The van der Waals surface area contributed by atoms with E-state index in [0.717, 1.165) is 0 Å². The van der Waals surface area contributed by atoms with E-state index in [9.17, 15) is 14.0 Å². The van der Waals surface area contributed by atoms with Crippen LogP contribution in [0.25, 0.3) is 11.5 Å². The van der Waals surface area contributed by atoms with Crippen molar-refractivity contribution in [2.75, 3.05) is 5.32 Å². The second kappa shape index (κ2) is 6.47. The highest BCUT2D eigenvalue weighted by molar-refractivity contribution is 5.99. The fourth-order valence-electron chi connectivity index (χ4n) is 2.81. The topological polar surface area (TPSA) is 94.6 Å². The zero-order valence-corrected chi connectivity index (χ0v) is 13.4. The summed E-state index contributed by atoms with van der Waals surface area (Å²) in [5.74, 6) is -1.32. The van der Waals surface area contributed by atoms with Gasteiger partial charge in [-0.3, -0.25) is 9.59 Å². The quantitative estimate of drug-likeness (QED) is 0.721. The van der Waals surface area contributed by atoms with Crippen LogP contribution in [0, 0.1) is 5.82 Å². The van der Waals surface area contributed by atoms with E-state index >= 15 is 0 Å². The number of rotatable bonds is 4. The lowest BCUT2D eigenvalue weighted by Gasteiger charge is -2.24. The third-order valence-corrected chi connectivity index (χ3v) is 4.02. The number of hydrogen-bond acceptors (Lipinski definition) is 6. The molecular formula is C18H13FN2O5. The smallest absolute Gasteiger partial charge is 0.314 e. The Labute approximate surface area is 146 Å². The molecule has 0 fully saturated rings. The number of hydrogen-bond donors (Lipinski definition) is 1. The summed E-state index contributed by atoms with van der Waals surface area (Å²) < 4.78 is 28.9. The largest absolute Gasteiger partial charge is 0.461 e. The predicted octanol–water partition coefficient (Wildman–Crippen LogP) is 3.24. The van der Waals surface area contributed by atoms with E-state index in [0.29, 0.717) is 22.8 Å². The molecule has 26 heavy (non-hydrogen) atoms. The Morgan fingerprint density at radius 2 is 2.19 bits per heavy atom. The van der Waals surface area contributed by atoms with Crippen LogP contribution in [-0.4, -0.2) is 17.0 Å². The first-order chi connectivity index (χ1) is 12.6. The van der Waals surface area contributed by atoms with Crippen LogP contribution in [0.1, 0.15) is 23.6 Å². The highest BCUT2D eigenvalue weighted by Crippen LogP contribution is 2.33. The maximum absolute atomic E-state index is 13.3. The highest BCUT2D eigenvalue weighted by Gasteiger charge is 2.32. The summed E-state index contributed by atoms with van der Waals surface area (Å²) in [7, 11) is 0. The van der Waals surface area contributed by atoms with Gasteiger partial charge in [-0.1, -0.05) is 11.2 Å². The van der Waals surface area contributed by atoms with E-state index in [-0.39, 0.29) is 24.6 Å². The first-order valence-corrected chi connectivity index (χ1v) is 7.85. The minimum atomic E-state index is -0.796. The first kappa shape index (κ1) is 16.1. The number of furan rings is 1. The van der Waals surface area contributed by atoms with Crippen molar-refractivity contribution >= 4 is 17.6 Å². The molecule has 8 heteroatoms. The number of aromatic nitrogens is 1. The molecule has 3 aromatic rings. The Hall–Kier alpha value is -3.42. The van der Waals surface area contributed by atoms with Crippen molar-refractivity contribution in [1.82, 2.24) is 5.16 Å². The molecule has 1 aliphatic heterocycles. The minimum absolute atomic E-state index is 0.0616. The number of carbonyl (C=O) groups is 2. The molecule has 1 amide bonds. The molecule has 2 aromatic heterocycles. The lowest BCUT2D eigenvalue weighted by molar-refractivity contribution is -0.148. The lowest BCUT2D eigenvalue weighted by atomic mass is 9.90. The molecule has 0 saturated carbocycles. The summed E-state index contributed by atoms with van der Waals surface area (Å²) in [6.07, 6.45) is 1.44. The van der Waals surface area contributed by atoms with E-state index in [1.54, 1.807) is 18.2 Å². The average Bonchev–Trinajstić information content (AvgIpc) is 3.29. The zero-order valence-electron chi connectivity index (χ0n) is 13.4. The molecule has 3 heterocycles. The molecule has 1 N–H and O–H groups in total. The van der Waals surface area contributed by atoms with Crippen LogP contribution < -0.4 is 5.32 Å². The molecule has 132 valence electrons. The fraction of sp³-hybridized carbons (Fsp3) is 0.167. The minimum Gasteiger partial charge on any atom is -0.461 e. The Bertz CT molecular complexity index is 964. The Morgan fingerprint density at radius 1 is 1.31 bits per heavy atom. The summed E-state index contributed by atoms with van der Waals surface area (Å²) in [5.41, 5.74) is 1.21. The summed E-state index contributed by atoms with van der Waals surface area (Å²) in [4.78, 5) is 24.2. The number of halogens is 1. The molecular weight excluding hydrogens is 343 g/mol. The standard InChI is InChI=1S/C18H13FN2O5/c19-10-3-4-12-13(8-17(22)20-14(12)6-10)18(23)25-9-11-7-16(26-21-11)15-2-1-5-24-15/h1-7,13H,8-9H2,(H,20,22)/t13-/m0/s1. The molecule has 0 unspecified atom stereocenters. The van der Waals surface area contributed by atoms with Gasteiger partial charge >= 0.3 is 5.97 Å². The van der Waals surface area contributed by atoms with Gasteiger partial charge in [0.1, 0.15) is 18.1 Å². The maximum Gasteiger partial charge on any atom is 0.314 e. The predicted molar refractivity (Wildman–Crippen MR) is 86.4 cm³/mol. The molecule has 1 aliphatic rings. The van der Waals surface area contributed by atoms with Gasteiger partial charge in [0.25, 0.3) is 0 Å². The third kappa shape index (κ3) is 3.08. The molecule has 4 rings (SSSR count). The third-order valence-electron chi connectivity index (χ3n) is 4.02. The van der Waals surface area contributed by atoms with Gasteiger partial charge in [0.05, 0.1) is 12.2 Å². The molecule has 0 aliphatic carbocycles. The van der Waals surface area contributed by atoms with Crippen molar-refractivity contribution in [3.05, 3.63) is 59.7 Å². The second-order valence-corrected chi connectivity index (χ2v) is 5.80. The van der Waals surface area contributed by atoms with Gasteiger partial charge in [0, 0.05) is 18.2 Å². The number of nitrogens with zero attached hydrogens (tertiary/aromatic N) is 1.